The average Bonchev–Trinajstić information content (AvgIpc) is 2.65. The Balaban J connectivity index is 1.35. The monoisotopic (exact) mass is 391 g/mol. The molecule has 0 aliphatic carbocycles. The molecular weight excluding hydrogens is 369 g/mol. The number of carbonyl (C=O) groups is 1. The van der Waals surface area contributed by atoms with Crippen molar-refractivity contribution in [2.45, 2.75) is 6.42 Å². The molecule has 138 valence electrons. The molecule has 3 rings (SSSR count). The minimum absolute atomic E-state index is 0.0483. The molecule has 0 radical (unpaired) electrons. The first-order valence-corrected chi connectivity index (χ1v) is 9.60. The smallest absolute Gasteiger partial charge is 0.224 e. The summed E-state index contributed by atoms with van der Waals surface area (Å²) >= 11 is 11.8. The molecule has 0 aromatic heterocycles. The number of piperazine rings is 1. The van der Waals surface area contributed by atoms with E-state index in [9.17, 15) is 4.79 Å². The highest BCUT2D eigenvalue weighted by Gasteiger charge is 2.17. The van der Waals surface area contributed by atoms with Crippen LogP contribution in [0, 0.1) is 0 Å². The van der Waals surface area contributed by atoms with Crippen molar-refractivity contribution in [1.29, 1.82) is 0 Å². The first kappa shape index (κ1) is 19.0. The number of rotatable bonds is 6. The molecule has 2 aromatic rings. The molecule has 2 aromatic carbocycles. The standard InChI is InChI=1S/C20H23Cl2N3O/c21-17-3-1-16(2-4-17)15-20(26)23-9-10-24-11-13-25(14-12-24)19-7-5-18(22)6-8-19/h1-8H,9-15H2,(H,23,26). The lowest BCUT2D eigenvalue weighted by molar-refractivity contribution is -0.120. The van der Waals surface area contributed by atoms with E-state index in [1.54, 1.807) is 0 Å². The Morgan fingerprint density at radius 3 is 2.08 bits per heavy atom. The third-order valence-corrected chi connectivity index (χ3v) is 5.10. The van der Waals surface area contributed by atoms with Gasteiger partial charge in [0.2, 0.25) is 5.91 Å². The highest BCUT2D eigenvalue weighted by molar-refractivity contribution is 6.30. The van der Waals surface area contributed by atoms with Crippen LogP contribution < -0.4 is 10.2 Å². The predicted octanol–water partition coefficient (Wildman–Crippen LogP) is 3.47. The molecule has 0 unspecified atom stereocenters. The molecule has 1 heterocycles. The molecule has 1 saturated heterocycles. The van der Waals surface area contributed by atoms with Crippen molar-refractivity contribution in [3.63, 3.8) is 0 Å². The number of carbonyl (C=O) groups excluding carboxylic acids is 1. The average molecular weight is 392 g/mol. The Bertz CT molecular complexity index is 711. The third kappa shape index (κ3) is 5.63. The molecule has 0 spiro atoms. The number of benzene rings is 2. The zero-order valence-electron chi connectivity index (χ0n) is 14.6. The van der Waals surface area contributed by atoms with Crippen LogP contribution in [-0.2, 0) is 11.2 Å². The number of halogens is 2. The van der Waals surface area contributed by atoms with E-state index < -0.39 is 0 Å². The lowest BCUT2D eigenvalue weighted by atomic mass is 10.1. The van der Waals surface area contributed by atoms with Crippen molar-refractivity contribution in [2.75, 3.05) is 44.2 Å². The van der Waals surface area contributed by atoms with Gasteiger partial charge in [0.25, 0.3) is 0 Å². The van der Waals surface area contributed by atoms with Crippen molar-refractivity contribution in [2.24, 2.45) is 0 Å². The number of anilines is 1. The van der Waals surface area contributed by atoms with Crippen molar-refractivity contribution >= 4 is 34.8 Å². The van der Waals surface area contributed by atoms with Crippen molar-refractivity contribution in [3.8, 4) is 0 Å². The van der Waals surface area contributed by atoms with Gasteiger partial charge in [-0.1, -0.05) is 35.3 Å². The molecule has 1 aliphatic heterocycles. The SMILES string of the molecule is O=C(Cc1ccc(Cl)cc1)NCCN1CCN(c2ccc(Cl)cc2)CC1. The maximum absolute atomic E-state index is 12.0. The summed E-state index contributed by atoms with van der Waals surface area (Å²) in [5.74, 6) is 0.0483. The Kier molecular flexibility index (Phi) is 6.78. The van der Waals surface area contributed by atoms with Crippen LogP contribution in [0.15, 0.2) is 48.5 Å². The number of amides is 1. The molecule has 1 fully saturated rings. The van der Waals surface area contributed by atoms with Gasteiger partial charge in [-0.15, -0.1) is 0 Å². The van der Waals surface area contributed by atoms with Gasteiger partial charge in [0.05, 0.1) is 6.42 Å². The zero-order chi connectivity index (χ0) is 18.4. The van der Waals surface area contributed by atoms with Crippen LogP contribution in [0.5, 0.6) is 0 Å². The molecule has 1 aliphatic rings. The molecule has 6 heteroatoms. The van der Waals surface area contributed by atoms with E-state index in [0.717, 1.165) is 43.3 Å². The van der Waals surface area contributed by atoms with E-state index in [2.05, 4.69) is 27.2 Å². The second-order valence-electron chi connectivity index (χ2n) is 6.46. The van der Waals surface area contributed by atoms with E-state index in [-0.39, 0.29) is 5.91 Å². The van der Waals surface area contributed by atoms with Crippen molar-refractivity contribution in [3.05, 3.63) is 64.1 Å². The second kappa shape index (κ2) is 9.26. The number of hydrogen-bond acceptors (Lipinski definition) is 3. The predicted molar refractivity (Wildman–Crippen MR) is 108 cm³/mol. The fourth-order valence-electron chi connectivity index (χ4n) is 3.09. The molecule has 0 atom stereocenters. The van der Waals surface area contributed by atoms with Crippen LogP contribution in [0.3, 0.4) is 0 Å². The van der Waals surface area contributed by atoms with E-state index >= 15 is 0 Å². The Hall–Kier alpha value is -1.75. The van der Waals surface area contributed by atoms with Crippen molar-refractivity contribution in [1.82, 2.24) is 10.2 Å². The molecule has 4 nitrogen and oxygen atoms in total. The lowest BCUT2D eigenvalue weighted by Gasteiger charge is -2.36. The summed E-state index contributed by atoms with van der Waals surface area (Å²) in [5.41, 5.74) is 2.19. The number of hydrogen-bond donors (Lipinski definition) is 1. The van der Waals surface area contributed by atoms with Crippen LogP contribution >= 0.6 is 23.2 Å². The summed E-state index contributed by atoms with van der Waals surface area (Å²) in [4.78, 5) is 16.8. The fraction of sp³-hybridized carbons (Fsp3) is 0.350. The van der Waals surface area contributed by atoms with E-state index in [1.807, 2.05) is 36.4 Å². The summed E-state index contributed by atoms with van der Waals surface area (Å²) in [6.07, 6.45) is 0.390. The summed E-state index contributed by atoms with van der Waals surface area (Å²) in [6.45, 7) is 5.51. The van der Waals surface area contributed by atoms with Gasteiger partial charge >= 0.3 is 0 Å². The highest BCUT2D eigenvalue weighted by atomic mass is 35.5. The van der Waals surface area contributed by atoms with Gasteiger partial charge in [-0.3, -0.25) is 9.69 Å². The molecular formula is C20H23Cl2N3O. The van der Waals surface area contributed by atoms with Gasteiger partial charge in [-0.05, 0) is 42.0 Å². The van der Waals surface area contributed by atoms with Crippen LogP contribution in [0.4, 0.5) is 5.69 Å². The van der Waals surface area contributed by atoms with Crippen LogP contribution in [0.2, 0.25) is 10.0 Å². The van der Waals surface area contributed by atoms with Crippen LogP contribution in [-0.4, -0.2) is 50.1 Å². The fourth-order valence-corrected chi connectivity index (χ4v) is 3.34. The van der Waals surface area contributed by atoms with Crippen LogP contribution in [0.1, 0.15) is 5.56 Å². The summed E-state index contributed by atoms with van der Waals surface area (Å²) < 4.78 is 0. The van der Waals surface area contributed by atoms with Gasteiger partial charge in [-0.25, -0.2) is 0 Å². The summed E-state index contributed by atoms with van der Waals surface area (Å²) in [5, 5.41) is 4.45. The molecule has 26 heavy (non-hydrogen) atoms. The quantitative estimate of drug-likeness (QED) is 0.818. The number of nitrogens with one attached hydrogen (secondary N) is 1. The maximum Gasteiger partial charge on any atom is 0.224 e. The molecule has 0 saturated carbocycles. The first-order valence-electron chi connectivity index (χ1n) is 8.84. The maximum atomic E-state index is 12.0. The third-order valence-electron chi connectivity index (χ3n) is 4.59. The van der Waals surface area contributed by atoms with Gasteiger partial charge in [-0.2, -0.15) is 0 Å². The highest BCUT2D eigenvalue weighted by Crippen LogP contribution is 2.19. The number of nitrogens with zero attached hydrogens (tertiary/aromatic N) is 2. The van der Waals surface area contributed by atoms with Gasteiger partial charge in [0.1, 0.15) is 0 Å². The summed E-state index contributed by atoms with van der Waals surface area (Å²) in [6, 6.07) is 15.4. The minimum Gasteiger partial charge on any atom is -0.369 e. The zero-order valence-corrected chi connectivity index (χ0v) is 16.1. The molecule has 1 amide bonds. The topological polar surface area (TPSA) is 35.6 Å². The molecule has 1 N–H and O–H groups in total. The van der Waals surface area contributed by atoms with Gasteiger partial charge in [0, 0.05) is 55.0 Å². The Morgan fingerprint density at radius 2 is 1.46 bits per heavy atom. The second-order valence-corrected chi connectivity index (χ2v) is 7.33. The minimum atomic E-state index is 0.0483. The van der Waals surface area contributed by atoms with Gasteiger partial charge in [0.15, 0.2) is 0 Å². The Morgan fingerprint density at radius 1 is 0.885 bits per heavy atom. The summed E-state index contributed by atoms with van der Waals surface area (Å²) in [7, 11) is 0. The van der Waals surface area contributed by atoms with Crippen molar-refractivity contribution < 1.29 is 4.79 Å². The van der Waals surface area contributed by atoms with E-state index in [0.29, 0.717) is 18.0 Å². The van der Waals surface area contributed by atoms with E-state index in [1.165, 1.54) is 5.69 Å². The first-order chi connectivity index (χ1) is 12.6. The Labute approximate surface area is 164 Å². The van der Waals surface area contributed by atoms with E-state index in [4.69, 9.17) is 23.2 Å². The lowest BCUT2D eigenvalue weighted by Crippen LogP contribution is -2.48. The molecule has 0 bridgehead atoms. The van der Waals surface area contributed by atoms with Crippen LogP contribution in [0.25, 0.3) is 0 Å². The van der Waals surface area contributed by atoms with Gasteiger partial charge < -0.3 is 10.2 Å². The largest absolute Gasteiger partial charge is 0.369 e. The normalized spacial score (nSPS) is 15.1.